The van der Waals surface area contributed by atoms with E-state index in [-0.39, 0.29) is 11.0 Å². The second-order valence-electron chi connectivity index (χ2n) is 7.89. The van der Waals surface area contributed by atoms with E-state index in [0.29, 0.717) is 0 Å². The van der Waals surface area contributed by atoms with Crippen LogP contribution in [0.2, 0.25) is 0 Å². The third-order valence-corrected chi connectivity index (χ3v) is 8.07. The number of nitrogens with zero attached hydrogens (tertiary/aromatic N) is 2. The van der Waals surface area contributed by atoms with Crippen LogP contribution in [0.3, 0.4) is 0 Å². The molecule has 0 aromatic carbocycles. The van der Waals surface area contributed by atoms with Gasteiger partial charge in [-0.05, 0) is 6.07 Å². The Kier molecular flexibility index (Phi) is 7.83. The van der Waals surface area contributed by atoms with Crippen LogP contribution >= 0.6 is 15.6 Å². The first-order valence-electron chi connectivity index (χ1n) is 10.2. The van der Waals surface area contributed by atoms with Gasteiger partial charge in [-0.2, -0.15) is 4.31 Å². The van der Waals surface area contributed by atoms with E-state index in [9.17, 15) is 49.2 Å². The van der Waals surface area contributed by atoms with E-state index in [4.69, 9.17) is 9.47 Å². The number of hydrogen-bond acceptors (Lipinski definition) is 14. The van der Waals surface area contributed by atoms with Crippen LogP contribution in [0.1, 0.15) is 6.23 Å². The van der Waals surface area contributed by atoms with E-state index in [1.165, 1.54) is 16.8 Å². The minimum Gasteiger partial charge on any atom is -0.387 e. The molecule has 18 nitrogen and oxygen atoms in total. The minimum absolute atomic E-state index is 0.127. The van der Waals surface area contributed by atoms with Crippen molar-refractivity contribution >= 4 is 26.7 Å². The molecule has 20 heteroatoms. The third kappa shape index (κ3) is 5.62. The zero-order valence-corrected chi connectivity index (χ0v) is 19.7. The fraction of sp³-hybridized carbons (Fsp3) is 0.625. The highest BCUT2D eigenvalue weighted by molar-refractivity contribution is 7.61. The molecule has 2 aromatic rings. The van der Waals surface area contributed by atoms with Crippen molar-refractivity contribution in [1.29, 1.82) is 0 Å². The number of nitrogens with one attached hydrogen (secondary N) is 1. The molecule has 10 atom stereocenters. The largest absolute Gasteiger partial charge is 0.481 e. The van der Waals surface area contributed by atoms with Crippen LogP contribution in [0.4, 0.5) is 0 Å². The first kappa shape index (κ1) is 27.4. The van der Waals surface area contributed by atoms with Crippen molar-refractivity contribution < 1.29 is 67.3 Å². The summed E-state index contributed by atoms with van der Waals surface area (Å²) in [5.41, 5.74) is -0.329. The number of aromatic nitrogens is 3. The maximum absolute atomic E-state index is 12.1. The minimum atomic E-state index is -5.32. The van der Waals surface area contributed by atoms with Crippen LogP contribution in [-0.2, 0) is 32.0 Å². The lowest BCUT2D eigenvalue weighted by atomic mass is 10.1. The Hall–Kier alpha value is -1.60. The van der Waals surface area contributed by atoms with Gasteiger partial charge in [0.1, 0.15) is 42.3 Å². The molecule has 4 heterocycles. The molecular weight excluding hydrogens is 536 g/mol. The smallest absolute Gasteiger partial charge is 0.387 e. The van der Waals surface area contributed by atoms with Gasteiger partial charge in [0, 0.05) is 6.20 Å². The predicted octanol–water partition coefficient (Wildman–Crippen LogP) is -2.97. The van der Waals surface area contributed by atoms with Crippen LogP contribution in [0.15, 0.2) is 23.4 Å². The lowest BCUT2D eigenvalue weighted by Gasteiger charge is -2.20. The van der Waals surface area contributed by atoms with Crippen LogP contribution < -0.4 is 5.56 Å². The summed E-state index contributed by atoms with van der Waals surface area (Å²) >= 11 is 0. The third-order valence-electron chi connectivity index (χ3n) is 5.47. The molecule has 4 rings (SSSR count). The molecule has 3 unspecified atom stereocenters. The van der Waals surface area contributed by atoms with Gasteiger partial charge < -0.3 is 54.3 Å². The summed E-state index contributed by atoms with van der Waals surface area (Å²) in [6.07, 6.45) is -10.0. The standard InChI is InChI=1S/C16H23N3O15P2/c20-9-7(32-15(11(9)22)19-2-1-6-13(19)17-5-18-14(6)24)3-30-35(26,27)34-36(28,29)31-4-8-10(21)12(23)16(25)33-8/h1-2,5,7-12,15-16,20-23,25H,3-4H2,(H,26,27)(H,28,29)(H,17,18,24)/t7-,8-,9-,10-,11-,12-,15-,16?/m1/s1. The molecule has 0 aliphatic carbocycles. The van der Waals surface area contributed by atoms with Crippen LogP contribution in [-0.4, -0.2) is 106 Å². The molecule has 2 aliphatic heterocycles. The molecule has 2 fully saturated rings. The summed E-state index contributed by atoms with van der Waals surface area (Å²) in [6.45, 7) is -1.80. The number of H-pyrrole nitrogens is 1. The average molecular weight is 559 g/mol. The Bertz CT molecular complexity index is 1240. The topological polar surface area (TPSA) is 273 Å². The number of hydrogen-bond donors (Lipinski definition) is 8. The Morgan fingerprint density at radius 2 is 1.53 bits per heavy atom. The lowest BCUT2D eigenvalue weighted by molar-refractivity contribution is -0.132. The summed E-state index contributed by atoms with van der Waals surface area (Å²) in [7, 11) is -10.6. The van der Waals surface area contributed by atoms with E-state index in [1.807, 2.05) is 0 Å². The monoisotopic (exact) mass is 559 g/mol. The van der Waals surface area contributed by atoms with E-state index in [2.05, 4.69) is 23.3 Å². The molecule has 2 aromatic heterocycles. The van der Waals surface area contributed by atoms with Crippen molar-refractivity contribution in [3.63, 3.8) is 0 Å². The van der Waals surface area contributed by atoms with Crippen molar-refractivity contribution in [2.24, 2.45) is 0 Å². The van der Waals surface area contributed by atoms with E-state index in [1.54, 1.807) is 0 Å². The number of ether oxygens (including phenoxy) is 2. The second-order valence-corrected chi connectivity index (χ2v) is 10.9. The van der Waals surface area contributed by atoms with Gasteiger partial charge in [-0.3, -0.25) is 13.8 Å². The Balaban J connectivity index is 1.34. The van der Waals surface area contributed by atoms with Crippen LogP contribution in [0.25, 0.3) is 11.0 Å². The number of rotatable bonds is 9. The predicted molar refractivity (Wildman–Crippen MR) is 112 cm³/mol. The molecule has 0 amide bonds. The average Bonchev–Trinajstić information content (AvgIpc) is 3.42. The van der Waals surface area contributed by atoms with Crippen molar-refractivity contribution in [2.75, 3.05) is 13.2 Å². The van der Waals surface area contributed by atoms with Gasteiger partial charge in [0.2, 0.25) is 0 Å². The van der Waals surface area contributed by atoms with Gasteiger partial charge in [0.15, 0.2) is 12.5 Å². The summed E-state index contributed by atoms with van der Waals surface area (Å²) in [4.78, 5) is 37.7. The normalized spacial score (nSPS) is 36.2. The quantitative estimate of drug-likeness (QED) is 0.142. The Labute approximate surface area is 200 Å². The summed E-state index contributed by atoms with van der Waals surface area (Å²) in [6, 6.07) is 1.40. The fourth-order valence-corrected chi connectivity index (χ4v) is 5.75. The second kappa shape index (κ2) is 10.3. The summed E-state index contributed by atoms with van der Waals surface area (Å²) in [5.74, 6) is 0. The van der Waals surface area contributed by atoms with Gasteiger partial charge in [-0.25, -0.2) is 14.1 Å². The van der Waals surface area contributed by atoms with Crippen molar-refractivity contribution in [2.45, 2.75) is 49.1 Å². The van der Waals surface area contributed by atoms with Crippen LogP contribution in [0.5, 0.6) is 0 Å². The van der Waals surface area contributed by atoms with Crippen LogP contribution in [0, 0.1) is 0 Å². The molecule has 0 bridgehead atoms. The maximum Gasteiger partial charge on any atom is 0.481 e. The van der Waals surface area contributed by atoms with Gasteiger partial charge in [-0.1, -0.05) is 0 Å². The van der Waals surface area contributed by atoms with Gasteiger partial charge in [0.05, 0.1) is 24.9 Å². The number of fused-ring (bicyclic) bond motifs is 1. The molecule has 36 heavy (non-hydrogen) atoms. The summed E-state index contributed by atoms with van der Waals surface area (Å²) in [5, 5.41) is 49.1. The molecule has 0 saturated carbocycles. The molecule has 202 valence electrons. The molecular formula is C16H23N3O15P2. The molecule has 2 aliphatic rings. The SMILES string of the molecule is O=c1[nH]cnc2c1ccn2[C@@H]1O[C@H](COP(=O)(O)OP(=O)(O)OC[C@H]2OC(O)[C@H](O)[C@@H]2O)[C@@H](O)[C@H]1O. The number of phosphoric ester groups is 2. The lowest BCUT2D eigenvalue weighted by Crippen LogP contribution is -2.34. The number of aliphatic hydroxyl groups excluding tert-OH is 5. The Morgan fingerprint density at radius 3 is 2.11 bits per heavy atom. The maximum atomic E-state index is 12.1. The number of aromatic amines is 1. The van der Waals surface area contributed by atoms with E-state index >= 15 is 0 Å². The molecule has 8 N–H and O–H groups in total. The van der Waals surface area contributed by atoms with E-state index in [0.717, 1.165) is 6.33 Å². The number of phosphoric acid groups is 2. The van der Waals surface area contributed by atoms with Gasteiger partial charge >= 0.3 is 15.6 Å². The van der Waals surface area contributed by atoms with Crippen molar-refractivity contribution in [3.05, 3.63) is 28.9 Å². The fourth-order valence-electron chi connectivity index (χ4n) is 3.66. The highest BCUT2D eigenvalue weighted by atomic mass is 31.3. The summed E-state index contributed by atoms with van der Waals surface area (Å²) < 4.78 is 48.8. The molecule has 0 radical (unpaired) electrons. The zero-order chi connectivity index (χ0) is 26.4. The number of aliphatic hydroxyl groups is 5. The molecule has 0 spiro atoms. The first-order valence-corrected chi connectivity index (χ1v) is 13.2. The molecule has 2 saturated heterocycles. The van der Waals surface area contributed by atoms with Gasteiger partial charge in [-0.15, -0.1) is 0 Å². The highest BCUT2D eigenvalue weighted by Crippen LogP contribution is 2.60. The van der Waals surface area contributed by atoms with Crippen molar-refractivity contribution in [3.8, 4) is 0 Å². The highest BCUT2D eigenvalue weighted by Gasteiger charge is 2.47. The van der Waals surface area contributed by atoms with Crippen molar-refractivity contribution in [1.82, 2.24) is 14.5 Å². The Morgan fingerprint density at radius 1 is 0.944 bits per heavy atom. The van der Waals surface area contributed by atoms with Gasteiger partial charge in [0.25, 0.3) is 5.56 Å². The van der Waals surface area contributed by atoms with E-state index < -0.39 is 83.6 Å². The zero-order valence-electron chi connectivity index (χ0n) is 18.0. The first-order chi connectivity index (χ1) is 16.8.